The molecule has 0 radical (unpaired) electrons. The number of aliphatic imine (C=N–C) groups is 1. The first-order valence-electron chi connectivity index (χ1n) is 9.77. The monoisotopic (exact) mass is 424 g/mol. The number of hydrogen-bond donors (Lipinski definition) is 3. The number of nitrogens with two attached hydrogens (primary N) is 2. The molecule has 4 aromatic rings. The molecule has 9 nitrogen and oxygen atoms in total. The standard InChI is InChI=1S/C23H20N8O/c1-27-22(19-13-31(30-21(19)12-26)15-5-3-2-4-6-15)18(10-24)14-7-8-16-17(9-14)20(11-25)28-29-23(16)32/h2-10,13H,11,24-25H2,1H3,(H,29,32). The molecule has 2 aromatic heterocycles. The molecule has 5 N–H and O–H groups in total. The minimum absolute atomic E-state index is 0.162. The van der Waals surface area contributed by atoms with Gasteiger partial charge in [-0.15, -0.1) is 0 Å². The number of nitrogens with one attached hydrogen (secondary N) is 1. The van der Waals surface area contributed by atoms with Crippen molar-refractivity contribution >= 4 is 22.1 Å². The van der Waals surface area contributed by atoms with E-state index in [0.717, 1.165) is 5.69 Å². The summed E-state index contributed by atoms with van der Waals surface area (Å²) in [6.07, 6.45) is 3.17. The van der Waals surface area contributed by atoms with Gasteiger partial charge < -0.3 is 11.5 Å². The highest BCUT2D eigenvalue weighted by molar-refractivity contribution is 6.32. The van der Waals surface area contributed by atoms with Gasteiger partial charge in [-0.25, -0.2) is 9.78 Å². The van der Waals surface area contributed by atoms with Crippen molar-refractivity contribution < 1.29 is 0 Å². The van der Waals surface area contributed by atoms with Crippen molar-refractivity contribution in [2.24, 2.45) is 16.5 Å². The maximum Gasteiger partial charge on any atom is 0.272 e. The van der Waals surface area contributed by atoms with Gasteiger partial charge in [0.15, 0.2) is 5.69 Å². The van der Waals surface area contributed by atoms with E-state index < -0.39 is 0 Å². The summed E-state index contributed by atoms with van der Waals surface area (Å²) >= 11 is 0. The zero-order valence-corrected chi connectivity index (χ0v) is 17.3. The van der Waals surface area contributed by atoms with E-state index in [4.69, 9.17) is 11.5 Å². The van der Waals surface area contributed by atoms with Gasteiger partial charge in [0.25, 0.3) is 5.56 Å². The maximum atomic E-state index is 12.2. The zero-order valence-electron chi connectivity index (χ0n) is 17.3. The molecule has 0 saturated carbocycles. The Hall–Kier alpha value is -4.55. The van der Waals surface area contributed by atoms with Crippen LogP contribution in [0.4, 0.5) is 0 Å². The largest absolute Gasteiger partial charge is 0.404 e. The maximum absolute atomic E-state index is 12.2. The molecule has 0 unspecified atom stereocenters. The van der Waals surface area contributed by atoms with Crippen LogP contribution in [0.15, 0.2) is 70.7 Å². The first-order valence-corrected chi connectivity index (χ1v) is 9.77. The molecule has 0 fully saturated rings. The number of fused-ring (bicyclic) bond motifs is 1. The smallest absolute Gasteiger partial charge is 0.272 e. The van der Waals surface area contributed by atoms with Crippen molar-refractivity contribution in [3.63, 3.8) is 0 Å². The average Bonchev–Trinajstić information content (AvgIpc) is 3.27. The number of benzene rings is 2. The fraction of sp³-hybridized carbons (Fsp3) is 0.0870. The quantitative estimate of drug-likeness (QED) is 0.416. The van der Waals surface area contributed by atoms with Gasteiger partial charge in [0.05, 0.1) is 28.0 Å². The van der Waals surface area contributed by atoms with Crippen LogP contribution in [-0.4, -0.2) is 32.7 Å². The molecule has 0 atom stereocenters. The molecule has 0 saturated heterocycles. The molecule has 0 amide bonds. The van der Waals surface area contributed by atoms with Crippen molar-refractivity contribution in [2.45, 2.75) is 6.54 Å². The van der Waals surface area contributed by atoms with E-state index in [2.05, 4.69) is 26.4 Å². The highest BCUT2D eigenvalue weighted by Crippen LogP contribution is 2.26. The van der Waals surface area contributed by atoms with Gasteiger partial charge in [-0.1, -0.05) is 24.3 Å². The first kappa shape index (κ1) is 20.7. The predicted molar refractivity (Wildman–Crippen MR) is 123 cm³/mol. The summed E-state index contributed by atoms with van der Waals surface area (Å²) < 4.78 is 1.63. The van der Waals surface area contributed by atoms with Crippen LogP contribution in [0.3, 0.4) is 0 Å². The van der Waals surface area contributed by atoms with Crippen LogP contribution in [0.1, 0.15) is 22.5 Å². The van der Waals surface area contributed by atoms with Crippen LogP contribution in [0.25, 0.3) is 22.0 Å². The summed E-state index contributed by atoms with van der Waals surface area (Å²) in [4.78, 5) is 16.6. The summed E-state index contributed by atoms with van der Waals surface area (Å²) in [6, 6.07) is 16.9. The van der Waals surface area contributed by atoms with E-state index in [1.165, 1.54) is 6.20 Å². The van der Waals surface area contributed by atoms with Gasteiger partial charge in [0.2, 0.25) is 0 Å². The molecule has 158 valence electrons. The molecule has 0 aliphatic rings. The Morgan fingerprint density at radius 1 is 1.25 bits per heavy atom. The minimum Gasteiger partial charge on any atom is -0.404 e. The topological polar surface area (TPSA) is 152 Å². The lowest BCUT2D eigenvalue weighted by Crippen LogP contribution is -2.14. The first-order chi connectivity index (χ1) is 15.6. The highest BCUT2D eigenvalue weighted by Gasteiger charge is 2.20. The van der Waals surface area contributed by atoms with Crippen LogP contribution in [-0.2, 0) is 6.54 Å². The number of aromatic amines is 1. The molecule has 2 aromatic carbocycles. The molecular formula is C23H20N8O. The van der Waals surface area contributed by atoms with Gasteiger partial charge in [-0.05, 0) is 29.8 Å². The number of para-hydroxylation sites is 1. The van der Waals surface area contributed by atoms with E-state index in [1.54, 1.807) is 36.1 Å². The Bertz CT molecular complexity index is 1460. The second-order valence-corrected chi connectivity index (χ2v) is 6.90. The van der Waals surface area contributed by atoms with Crippen LogP contribution in [0.2, 0.25) is 0 Å². The summed E-state index contributed by atoms with van der Waals surface area (Å²) in [5.74, 6) is 0. The Morgan fingerprint density at radius 3 is 2.69 bits per heavy atom. The number of nitrogens with zero attached hydrogens (tertiary/aromatic N) is 5. The number of nitriles is 1. The summed E-state index contributed by atoms with van der Waals surface area (Å²) in [7, 11) is 1.62. The Morgan fingerprint density at radius 2 is 2.03 bits per heavy atom. The van der Waals surface area contributed by atoms with E-state index in [1.807, 2.05) is 30.3 Å². The van der Waals surface area contributed by atoms with Gasteiger partial charge >= 0.3 is 0 Å². The molecule has 0 bridgehead atoms. The summed E-state index contributed by atoms with van der Waals surface area (Å²) in [5.41, 5.74) is 15.4. The lowest BCUT2D eigenvalue weighted by atomic mass is 9.95. The summed E-state index contributed by atoms with van der Waals surface area (Å²) in [5, 5.41) is 21.7. The number of aromatic nitrogens is 4. The fourth-order valence-electron chi connectivity index (χ4n) is 3.58. The molecule has 32 heavy (non-hydrogen) atoms. The van der Waals surface area contributed by atoms with Gasteiger partial charge in [0.1, 0.15) is 6.07 Å². The van der Waals surface area contributed by atoms with Gasteiger partial charge in [0, 0.05) is 36.9 Å². The number of allylic oxidation sites excluding steroid dienone is 1. The number of H-pyrrole nitrogens is 1. The number of rotatable bonds is 5. The molecule has 0 aliphatic heterocycles. The molecule has 0 spiro atoms. The molecule has 0 aliphatic carbocycles. The molecule has 9 heteroatoms. The van der Waals surface area contributed by atoms with Crippen molar-refractivity contribution in [3.05, 3.63) is 93.8 Å². The van der Waals surface area contributed by atoms with Crippen molar-refractivity contribution in [2.75, 3.05) is 7.05 Å². The van der Waals surface area contributed by atoms with Crippen molar-refractivity contribution in [3.8, 4) is 11.8 Å². The van der Waals surface area contributed by atoms with Crippen molar-refractivity contribution in [1.29, 1.82) is 5.26 Å². The third-order valence-electron chi connectivity index (χ3n) is 5.11. The van der Waals surface area contributed by atoms with Crippen LogP contribution < -0.4 is 17.0 Å². The van der Waals surface area contributed by atoms with Crippen LogP contribution >= 0.6 is 0 Å². The Labute approximate surface area is 183 Å². The van der Waals surface area contributed by atoms with E-state index >= 15 is 0 Å². The van der Waals surface area contributed by atoms with Crippen LogP contribution in [0.5, 0.6) is 0 Å². The predicted octanol–water partition coefficient (Wildman–Crippen LogP) is 1.86. The minimum atomic E-state index is -0.303. The lowest BCUT2D eigenvalue weighted by Gasteiger charge is -2.11. The van der Waals surface area contributed by atoms with Gasteiger partial charge in [-0.3, -0.25) is 9.79 Å². The second-order valence-electron chi connectivity index (χ2n) is 6.90. The fourth-order valence-corrected chi connectivity index (χ4v) is 3.58. The number of hydrogen-bond acceptors (Lipinski definition) is 7. The second kappa shape index (κ2) is 8.67. The average molecular weight is 424 g/mol. The van der Waals surface area contributed by atoms with Crippen LogP contribution in [0, 0.1) is 11.3 Å². The van der Waals surface area contributed by atoms with Gasteiger partial charge in [-0.2, -0.15) is 15.5 Å². The lowest BCUT2D eigenvalue weighted by molar-refractivity contribution is 0.873. The zero-order chi connectivity index (χ0) is 22.7. The SMILES string of the molecule is CN=C(C(=CN)c1ccc2c(=O)[nH]nc(CN)c2c1)c1cn(-c2ccccc2)nc1C#N. The van der Waals surface area contributed by atoms with E-state index in [9.17, 15) is 10.1 Å². The van der Waals surface area contributed by atoms with E-state index in [0.29, 0.717) is 38.9 Å². The summed E-state index contributed by atoms with van der Waals surface area (Å²) in [6.45, 7) is 0.162. The normalized spacial score (nSPS) is 12.2. The third kappa shape index (κ3) is 3.55. The molecule has 4 rings (SSSR count). The third-order valence-corrected chi connectivity index (χ3v) is 5.11. The van der Waals surface area contributed by atoms with Crippen molar-refractivity contribution in [1.82, 2.24) is 20.0 Å². The van der Waals surface area contributed by atoms with E-state index in [-0.39, 0.29) is 17.8 Å². The molecule has 2 heterocycles. The Kier molecular flexibility index (Phi) is 5.61. The highest BCUT2D eigenvalue weighted by atomic mass is 16.1. The molecular weight excluding hydrogens is 404 g/mol. The Balaban J connectivity index is 1.86.